The Balaban J connectivity index is 1.88. The first kappa shape index (κ1) is 14.3. The third kappa shape index (κ3) is 3.25. The summed E-state index contributed by atoms with van der Waals surface area (Å²) in [6.45, 7) is 14.5. The topological polar surface area (TPSA) is 18.5 Å². The predicted octanol–water partition coefficient (Wildman–Crippen LogP) is 1.65. The van der Waals surface area contributed by atoms with Crippen LogP contribution in [0.4, 0.5) is 0 Å². The summed E-state index contributed by atoms with van der Waals surface area (Å²) >= 11 is 0. The maximum absolute atomic E-state index is 3.75. The molecule has 2 unspecified atom stereocenters. The Kier molecular flexibility index (Phi) is 4.68. The molecular formula is C15H31N3. The second-order valence-corrected chi connectivity index (χ2v) is 6.93. The highest BCUT2D eigenvalue weighted by atomic mass is 15.2. The van der Waals surface area contributed by atoms with Crippen molar-refractivity contribution in [3.63, 3.8) is 0 Å². The molecule has 0 radical (unpaired) electrons. The molecule has 0 aromatic carbocycles. The van der Waals surface area contributed by atoms with Crippen molar-refractivity contribution in [2.75, 3.05) is 46.3 Å². The van der Waals surface area contributed by atoms with Gasteiger partial charge in [-0.15, -0.1) is 0 Å². The molecule has 1 aliphatic heterocycles. The Labute approximate surface area is 113 Å². The first-order chi connectivity index (χ1) is 8.53. The molecule has 1 heterocycles. The predicted molar refractivity (Wildman–Crippen MR) is 77.9 cm³/mol. The average Bonchev–Trinajstić information content (AvgIpc) is 2.60. The first-order valence-corrected chi connectivity index (χ1v) is 7.67. The maximum atomic E-state index is 3.75. The van der Waals surface area contributed by atoms with E-state index in [2.05, 4.69) is 42.9 Å². The molecular weight excluding hydrogens is 222 g/mol. The molecule has 0 aromatic heterocycles. The lowest BCUT2D eigenvalue weighted by Crippen LogP contribution is -2.50. The number of hydrogen-bond donors (Lipinski definition) is 1. The Morgan fingerprint density at radius 3 is 2.44 bits per heavy atom. The fraction of sp³-hybridized carbons (Fsp3) is 1.00. The summed E-state index contributed by atoms with van der Waals surface area (Å²) in [6.07, 6.45) is 2.78. The van der Waals surface area contributed by atoms with Crippen molar-refractivity contribution in [2.45, 2.75) is 39.7 Å². The van der Waals surface area contributed by atoms with Gasteiger partial charge in [0, 0.05) is 38.8 Å². The van der Waals surface area contributed by atoms with E-state index < -0.39 is 0 Å². The zero-order chi connectivity index (χ0) is 13.2. The molecule has 2 fully saturated rings. The van der Waals surface area contributed by atoms with Gasteiger partial charge in [0.1, 0.15) is 0 Å². The molecule has 1 aliphatic carbocycles. The van der Waals surface area contributed by atoms with Crippen molar-refractivity contribution >= 4 is 0 Å². The molecule has 3 heteroatoms. The van der Waals surface area contributed by atoms with Crippen LogP contribution in [0.1, 0.15) is 33.6 Å². The van der Waals surface area contributed by atoms with Gasteiger partial charge in [-0.2, -0.15) is 0 Å². The zero-order valence-electron chi connectivity index (χ0n) is 12.7. The summed E-state index contributed by atoms with van der Waals surface area (Å²) in [4.78, 5) is 5.12. The van der Waals surface area contributed by atoms with Crippen molar-refractivity contribution in [3.8, 4) is 0 Å². The van der Waals surface area contributed by atoms with Gasteiger partial charge in [-0.3, -0.25) is 0 Å². The molecule has 0 amide bonds. The van der Waals surface area contributed by atoms with Crippen molar-refractivity contribution in [1.29, 1.82) is 0 Å². The monoisotopic (exact) mass is 253 g/mol. The molecule has 2 atom stereocenters. The average molecular weight is 253 g/mol. The molecule has 1 saturated carbocycles. The Hall–Kier alpha value is -0.120. The molecule has 2 rings (SSSR count). The highest BCUT2D eigenvalue weighted by molar-refractivity contribution is 4.97. The van der Waals surface area contributed by atoms with Gasteiger partial charge in [0.05, 0.1) is 0 Å². The van der Waals surface area contributed by atoms with Crippen LogP contribution in [0.5, 0.6) is 0 Å². The van der Waals surface area contributed by atoms with Crippen LogP contribution in [-0.4, -0.2) is 62.2 Å². The molecule has 106 valence electrons. The summed E-state index contributed by atoms with van der Waals surface area (Å²) in [5.41, 5.74) is 0.479. The molecule has 3 nitrogen and oxygen atoms in total. The maximum Gasteiger partial charge on any atom is 0.0159 e. The number of likely N-dealkylation sites (N-methyl/N-ethyl adjacent to an activating group) is 1. The molecule has 18 heavy (non-hydrogen) atoms. The van der Waals surface area contributed by atoms with Gasteiger partial charge < -0.3 is 15.1 Å². The fourth-order valence-corrected chi connectivity index (χ4v) is 3.74. The Bertz CT molecular complexity index is 256. The van der Waals surface area contributed by atoms with Crippen molar-refractivity contribution in [1.82, 2.24) is 15.1 Å². The van der Waals surface area contributed by atoms with Crippen molar-refractivity contribution in [2.24, 2.45) is 11.3 Å². The van der Waals surface area contributed by atoms with Crippen LogP contribution in [0.2, 0.25) is 0 Å². The fourth-order valence-electron chi connectivity index (χ4n) is 3.74. The molecule has 0 bridgehead atoms. The van der Waals surface area contributed by atoms with E-state index in [9.17, 15) is 0 Å². The lowest BCUT2D eigenvalue weighted by molar-refractivity contribution is 0.122. The van der Waals surface area contributed by atoms with E-state index in [1.165, 1.54) is 45.6 Å². The number of rotatable bonds is 4. The smallest absolute Gasteiger partial charge is 0.0159 e. The summed E-state index contributed by atoms with van der Waals surface area (Å²) < 4.78 is 0. The van der Waals surface area contributed by atoms with Crippen molar-refractivity contribution in [3.05, 3.63) is 0 Å². The van der Waals surface area contributed by atoms with Gasteiger partial charge >= 0.3 is 0 Å². The minimum Gasteiger partial charge on any atom is -0.313 e. The van der Waals surface area contributed by atoms with E-state index >= 15 is 0 Å². The molecule has 0 aromatic rings. The van der Waals surface area contributed by atoms with Crippen LogP contribution < -0.4 is 5.32 Å². The number of hydrogen-bond acceptors (Lipinski definition) is 3. The van der Waals surface area contributed by atoms with Crippen LogP contribution in [-0.2, 0) is 0 Å². The second kappa shape index (κ2) is 5.89. The van der Waals surface area contributed by atoms with Gasteiger partial charge in [-0.25, -0.2) is 0 Å². The Morgan fingerprint density at radius 2 is 1.83 bits per heavy atom. The molecule has 1 saturated heterocycles. The van der Waals surface area contributed by atoms with E-state index in [1.54, 1.807) is 0 Å². The van der Waals surface area contributed by atoms with Crippen LogP contribution in [0.15, 0.2) is 0 Å². The lowest BCUT2D eigenvalue weighted by atomic mass is 9.84. The third-order valence-electron chi connectivity index (χ3n) is 4.99. The van der Waals surface area contributed by atoms with Gasteiger partial charge in [-0.05, 0) is 37.8 Å². The number of nitrogens with zero attached hydrogens (tertiary/aromatic N) is 2. The van der Waals surface area contributed by atoms with Crippen LogP contribution in [0.25, 0.3) is 0 Å². The SMILES string of the molecule is CCNC1C(CN2CCN(C)CC2)CCC1(C)C. The standard InChI is InChI=1S/C15H31N3/c1-5-16-14-13(6-7-15(14,2)3)12-18-10-8-17(4)9-11-18/h13-14,16H,5-12H2,1-4H3. The van der Waals surface area contributed by atoms with Gasteiger partial charge in [0.2, 0.25) is 0 Å². The van der Waals surface area contributed by atoms with E-state index in [1.807, 2.05) is 0 Å². The zero-order valence-corrected chi connectivity index (χ0v) is 12.7. The molecule has 1 N–H and O–H groups in total. The van der Waals surface area contributed by atoms with Crippen LogP contribution in [0, 0.1) is 11.3 Å². The quantitative estimate of drug-likeness (QED) is 0.822. The lowest BCUT2D eigenvalue weighted by Gasteiger charge is -2.37. The first-order valence-electron chi connectivity index (χ1n) is 7.67. The summed E-state index contributed by atoms with van der Waals surface area (Å²) in [5, 5.41) is 3.75. The Morgan fingerprint density at radius 1 is 1.17 bits per heavy atom. The normalized spacial score (nSPS) is 34.0. The van der Waals surface area contributed by atoms with Crippen molar-refractivity contribution < 1.29 is 0 Å². The van der Waals surface area contributed by atoms with E-state index in [0.717, 1.165) is 12.5 Å². The highest BCUT2D eigenvalue weighted by Gasteiger charge is 2.41. The summed E-state index contributed by atoms with van der Waals surface area (Å²) in [6, 6.07) is 0.710. The molecule has 0 spiro atoms. The largest absolute Gasteiger partial charge is 0.313 e. The van der Waals surface area contributed by atoms with Gasteiger partial charge in [0.25, 0.3) is 0 Å². The second-order valence-electron chi connectivity index (χ2n) is 6.93. The third-order valence-corrected chi connectivity index (χ3v) is 4.99. The van der Waals surface area contributed by atoms with Crippen LogP contribution in [0.3, 0.4) is 0 Å². The number of piperazine rings is 1. The van der Waals surface area contributed by atoms with Gasteiger partial charge in [-0.1, -0.05) is 20.8 Å². The molecule has 2 aliphatic rings. The minimum atomic E-state index is 0.479. The minimum absolute atomic E-state index is 0.479. The van der Waals surface area contributed by atoms with Gasteiger partial charge in [0.15, 0.2) is 0 Å². The van der Waals surface area contributed by atoms with Crippen LogP contribution >= 0.6 is 0 Å². The highest BCUT2D eigenvalue weighted by Crippen LogP contribution is 2.41. The van der Waals surface area contributed by atoms with E-state index in [0.29, 0.717) is 11.5 Å². The summed E-state index contributed by atoms with van der Waals surface area (Å²) in [5.74, 6) is 0.850. The number of nitrogens with one attached hydrogen (secondary N) is 1. The van der Waals surface area contributed by atoms with E-state index in [-0.39, 0.29) is 0 Å². The summed E-state index contributed by atoms with van der Waals surface area (Å²) in [7, 11) is 2.23. The van der Waals surface area contributed by atoms with E-state index in [4.69, 9.17) is 0 Å².